The lowest BCUT2D eigenvalue weighted by molar-refractivity contribution is -0.384. The van der Waals surface area contributed by atoms with Crippen LogP contribution in [0.1, 0.15) is 0 Å². The summed E-state index contributed by atoms with van der Waals surface area (Å²) in [5.74, 6) is -0.832. The van der Waals surface area contributed by atoms with Crippen LogP contribution in [-0.4, -0.2) is 36.2 Å². The molecule has 7 heteroatoms. The first-order valence-corrected chi connectivity index (χ1v) is 5.33. The van der Waals surface area contributed by atoms with Crippen molar-refractivity contribution in [3.63, 3.8) is 0 Å². The van der Waals surface area contributed by atoms with Gasteiger partial charge in [0, 0.05) is 25.2 Å². The van der Waals surface area contributed by atoms with E-state index in [9.17, 15) is 14.9 Å². The quantitative estimate of drug-likeness (QED) is 0.637. The van der Waals surface area contributed by atoms with E-state index in [0.717, 1.165) is 0 Å². The Morgan fingerprint density at radius 1 is 1.56 bits per heavy atom. The molecular weight excluding hydrogens is 240 g/mol. The molecule has 2 rings (SSSR count). The van der Waals surface area contributed by atoms with Gasteiger partial charge in [0.05, 0.1) is 18.0 Å². The predicted octanol–water partition coefficient (Wildman–Crippen LogP) is 1.12. The SMILES string of the molecule is COc1ccc([N+](=O)[O-])c(N2CC(C(=O)O)C2)c1. The van der Waals surface area contributed by atoms with Crippen molar-refractivity contribution < 1.29 is 19.6 Å². The van der Waals surface area contributed by atoms with Gasteiger partial charge < -0.3 is 14.7 Å². The lowest BCUT2D eigenvalue weighted by Crippen LogP contribution is -2.50. The van der Waals surface area contributed by atoms with E-state index in [1.807, 2.05) is 0 Å². The minimum absolute atomic E-state index is 0.0420. The summed E-state index contributed by atoms with van der Waals surface area (Å²) in [5.41, 5.74) is 0.358. The second-order valence-electron chi connectivity index (χ2n) is 4.05. The van der Waals surface area contributed by atoms with Gasteiger partial charge in [-0.3, -0.25) is 14.9 Å². The summed E-state index contributed by atoms with van der Waals surface area (Å²) < 4.78 is 5.02. The van der Waals surface area contributed by atoms with Crippen LogP contribution in [0.15, 0.2) is 18.2 Å². The Labute approximate surface area is 103 Å². The van der Waals surface area contributed by atoms with Crippen LogP contribution >= 0.6 is 0 Å². The molecule has 18 heavy (non-hydrogen) atoms. The number of carboxylic acids is 1. The molecule has 0 spiro atoms. The second-order valence-corrected chi connectivity index (χ2v) is 4.05. The normalized spacial score (nSPS) is 15.1. The third-order valence-corrected chi connectivity index (χ3v) is 2.95. The Morgan fingerprint density at radius 2 is 2.22 bits per heavy atom. The molecule has 0 radical (unpaired) electrons. The minimum Gasteiger partial charge on any atom is -0.497 e. The van der Waals surface area contributed by atoms with E-state index in [4.69, 9.17) is 9.84 Å². The zero-order chi connectivity index (χ0) is 13.3. The van der Waals surface area contributed by atoms with Crippen LogP contribution in [0.25, 0.3) is 0 Å². The second kappa shape index (κ2) is 4.52. The molecule has 1 heterocycles. The number of rotatable bonds is 4. The standard InChI is InChI=1S/C11H12N2O5/c1-18-8-2-3-9(13(16)17)10(4-8)12-5-7(6-12)11(14)15/h2-4,7H,5-6H2,1H3,(H,14,15). The van der Waals surface area contributed by atoms with Crippen molar-refractivity contribution >= 4 is 17.3 Å². The summed E-state index contributed by atoms with van der Waals surface area (Å²) in [7, 11) is 1.47. The number of nitrogens with zero attached hydrogens (tertiary/aromatic N) is 2. The lowest BCUT2D eigenvalue weighted by Gasteiger charge is -2.38. The summed E-state index contributed by atoms with van der Waals surface area (Å²) in [6, 6.07) is 4.43. The first-order valence-electron chi connectivity index (χ1n) is 5.33. The lowest BCUT2D eigenvalue weighted by atomic mass is 9.99. The molecule has 7 nitrogen and oxygen atoms in total. The third kappa shape index (κ3) is 2.06. The minimum atomic E-state index is -0.878. The highest BCUT2D eigenvalue weighted by Crippen LogP contribution is 2.35. The molecule has 0 bridgehead atoms. The average molecular weight is 252 g/mol. The van der Waals surface area contributed by atoms with Crippen LogP contribution in [0.2, 0.25) is 0 Å². The maximum atomic E-state index is 10.9. The van der Waals surface area contributed by atoms with Crippen molar-refractivity contribution in [2.45, 2.75) is 0 Å². The highest BCUT2D eigenvalue weighted by molar-refractivity contribution is 5.76. The summed E-state index contributed by atoms with van der Waals surface area (Å²) >= 11 is 0. The van der Waals surface area contributed by atoms with Gasteiger partial charge in [-0.15, -0.1) is 0 Å². The van der Waals surface area contributed by atoms with Crippen LogP contribution in [0.4, 0.5) is 11.4 Å². The molecule has 1 aromatic carbocycles. The number of carboxylic acid groups (broad SMARTS) is 1. The number of nitro benzene ring substituents is 1. The number of carbonyl (C=O) groups is 1. The highest BCUT2D eigenvalue weighted by Gasteiger charge is 2.35. The predicted molar refractivity (Wildman–Crippen MR) is 63.0 cm³/mol. The molecular formula is C11H12N2O5. The van der Waals surface area contributed by atoms with Gasteiger partial charge in [-0.1, -0.05) is 0 Å². The first-order chi connectivity index (χ1) is 8.52. The van der Waals surface area contributed by atoms with E-state index < -0.39 is 16.8 Å². The number of anilines is 1. The molecule has 1 fully saturated rings. The summed E-state index contributed by atoms with van der Waals surface area (Å²) in [4.78, 5) is 22.8. The number of hydrogen-bond acceptors (Lipinski definition) is 5. The smallest absolute Gasteiger partial charge is 0.310 e. The van der Waals surface area contributed by atoms with Crippen LogP contribution in [0.3, 0.4) is 0 Å². The fourth-order valence-electron chi connectivity index (χ4n) is 1.87. The fraction of sp³-hybridized carbons (Fsp3) is 0.364. The average Bonchev–Trinajstić information content (AvgIpc) is 2.26. The van der Waals surface area contributed by atoms with Gasteiger partial charge in [-0.2, -0.15) is 0 Å². The Bertz CT molecular complexity index is 496. The van der Waals surface area contributed by atoms with E-state index in [-0.39, 0.29) is 18.8 Å². The summed E-state index contributed by atoms with van der Waals surface area (Å²) in [6.07, 6.45) is 0. The molecule has 1 N–H and O–H groups in total. The third-order valence-electron chi connectivity index (χ3n) is 2.95. The van der Waals surface area contributed by atoms with E-state index in [0.29, 0.717) is 11.4 Å². The largest absolute Gasteiger partial charge is 0.497 e. The van der Waals surface area contributed by atoms with Gasteiger partial charge in [0.15, 0.2) is 0 Å². The van der Waals surface area contributed by atoms with Crippen LogP contribution < -0.4 is 9.64 Å². The van der Waals surface area contributed by atoms with Crippen LogP contribution in [0.5, 0.6) is 5.75 Å². The van der Waals surface area contributed by atoms with E-state index in [1.165, 1.54) is 19.2 Å². The molecule has 1 aromatic rings. The number of nitro groups is 1. The van der Waals surface area contributed by atoms with Gasteiger partial charge in [0.25, 0.3) is 5.69 Å². The monoisotopic (exact) mass is 252 g/mol. The molecule has 96 valence electrons. The zero-order valence-electron chi connectivity index (χ0n) is 9.70. The maximum Gasteiger partial charge on any atom is 0.310 e. The molecule has 0 amide bonds. The first kappa shape index (κ1) is 12.2. The van der Waals surface area contributed by atoms with Crippen molar-refractivity contribution in [3.8, 4) is 5.75 Å². The molecule has 0 aliphatic carbocycles. The van der Waals surface area contributed by atoms with Crippen molar-refractivity contribution in [2.75, 3.05) is 25.1 Å². The number of aliphatic carboxylic acids is 1. The zero-order valence-corrected chi connectivity index (χ0v) is 9.70. The van der Waals surface area contributed by atoms with Crippen molar-refractivity contribution in [1.82, 2.24) is 0 Å². The highest BCUT2D eigenvalue weighted by atomic mass is 16.6. The van der Waals surface area contributed by atoms with E-state index in [2.05, 4.69) is 0 Å². The number of hydrogen-bond donors (Lipinski definition) is 1. The molecule has 1 aliphatic heterocycles. The molecule has 1 aliphatic rings. The number of ether oxygens (including phenoxy) is 1. The van der Waals surface area contributed by atoms with Gasteiger partial charge in [0.2, 0.25) is 0 Å². The topological polar surface area (TPSA) is 92.9 Å². The van der Waals surface area contributed by atoms with Crippen molar-refractivity contribution in [2.24, 2.45) is 5.92 Å². The molecule has 1 saturated heterocycles. The molecule has 0 unspecified atom stereocenters. The van der Waals surface area contributed by atoms with E-state index in [1.54, 1.807) is 11.0 Å². The maximum absolute atomic E-state index is 10.9. The fourth-order valence-corrected chi connectivity index (χ4v) is 1.87. The van der Waals surface area contributed by atoms with Crippen LogP contribution in [0, 0.1) is 16.0 Å². The Morgan fingerprint density at radius 3 is 2.72 bits per heavy atom. The van der Waals surface area contributed by atoms with Gasteiger partial charge in [0.1, 0.15) is 11.4 Å². The summed E-state index contributed by atoms with van der Waals surface area (Å²) in [6.45, 7) is 0.562. The van der Waals surface area contributed by atoms with Crippen LogP contribution in [-0.2, 0) is 4.79 Å². The van der Waals surface area contributed by atoms with Gasteiger partial charge >= 0.3 is 5.97 Å². The van der Waals surface area contributed by atoms with Crippen molar-refractivity contribution in [3.05, 3.63) is 28.3 Å². The summed E-state index contributed by atoms with van der Waals surface area (Å²) in [5, 5.41) is 19.7. The Kier molecular flexibility index (Phi) is 3.05. The van der Waals surface area contributed by atoms with Crippen molar-refractivity contribution in [1.29, 1.82) is 0 Å². The Hall–Kier alpha value is -2.31. The number of benzene rings is 1. The molecule has 0 aromatic heterocycles. The van der Waals surface area contributed by atoms with Gasteiger partial charge in [-0.25, -0.2) is 0 Å². The molecule has 0 atom stereocenters. The van der Waals surface area contributed by atoms with Gasteiger partial charge in [-0.05, 0) is 6.07 Å². The molecule has 0 saturated carbocycles. The number of methoxy groups -OCH3 is 1. The van der Waals surface area contributed by atoms with E-state index >= 15 is 0 Å². The Balaban J connectivity index is 2.26.